The first-order valence-electron chi connectivity index (χ1n) is 5.27. The van der Waals surface area contributed by atoms with Crippen molar-refractivity contribution in [1.82, 2.24) is 0 Å². The maximum absolute atomic E-state index is 9.46. The molecule has 2 heteroatoms. The zero-order valence-electron chi connectivity index (χ0n) is 9.01. The summed E-state index contributed by atoms with van der Waals surface area (Å²) in [6.45, 7) is 5.07. The second-order valence-corrected chi connectivity index (χ2v) is 3.64. The second kappa shape index (κ2) is 5.53. The van der Waals surface area contributed by atoms with Gasteiger partial charge in [-0.25, -0.2) is 0 Å². The van der Waals surface area contributed by atoms with Gasteiger partial charge in [-0.3, -0.25) is 0 Å². The van der Waals surface area contributed by atoms with Gasteiger partial charge in [-0.15, -0.1) is 0 Å². The van der Waals surface area contributed by atoms with Gasteiger partial charge in [0.05, 0.1) is 0 Å². The van der Waals surface area contributed by atoms with Gasteiger partial charge in [-0.05, 0) is 25.0 Å². The van der Waals surface area contributed by atoms with E-state index in [0.717, 1.165) is 17.8 Å². The van der Waals surface area contributed by atoms with Crippen molar-refractivity contribution in [2.24, 2.45) is 0 Å². The van der Waals surface area contributed by atoms with Gasteiger partial charge in [0.15, 0.2) is 0 Å². The Bertz CT molecular complexity index is 284. The molecule has 0 fully saturated rings. The maximum atomic E-state index is 9.46. The van der Waals surface area contributed by atoms with Crippen LogP contribution in [0, 0.1) is 6.92 Å². The Hall–Kier alpha value is -1.18. The third kappa shape index (κ3) is 3.29. The highest BCUT2D eigenvalue weighted by Gasteiger charge is 1.96. The van der Waals surface area contributed by atoms with Crippen molar-refractivity contribution in [3.05, 3.63) is 23.8 Å². The summed E-state index contributed by atoms with van der Waals surface area (Å²) < 4.78 is 0. The molecule has 0 saturated carbocycles. The van der Waals surface area contributed by atoms with Gasteiger partial charge in [0.1, 0.15) is 5.75 Å². The van der Waals surface area contributed by atoms with Crippen LogP contribution in [0.1, 0.15) is 31.7 Å². The molecule has 0 aliphatic carbocycles. The van der Waals surface area contributed by atoms with Gasteiger partial charge in [-0.2, -0.15) is 0 Å². The lowest BCUT2D eigenvalue weighted by atomic mass is 10.2. The number of aryl methyl sites for hydroxylation is 1. The summed E-state index contributed by atoms with van der Waals surface area (Å²) in [6.07, 6.45) is 3.68. The average Bonchev–Trinajstić information content (AvgIpc) is 2.18. The zero-order valence-corrected chi connectivity index (χ0v) is 9.01. The Balaban J connectivity index is 2.39. The highest BCUT2D eigenvalue weighted by Crippen LogP contribution is 2.20. The summed E-state index contributed by atoms with van der Waals surface area (Å²) in [5, 5.41) is 12.8. The van der Waals surface area contributed by atoms with Crippen LogP contribution in [-0.4, -0.2) is 11.7 Å². The molecule has 1 aromatic rings. The van der Waals surface area contributed by atoms with Crippen LogP contribution in [0.25, 0.3) is 0 Å². The molecule has 1 rings (SSSR count). The summed E-state index contributed by atoms with van der Waals surface area (Å²) in [6, 6.07) is 5.71. The molecule has 0 unspecified atom stereocenters. The monoisotopic (exact) mass is 193 g/mol. The van der Waals surface area contributed by atoms with Crippen LogP contribution in [0.15, 0.2) is 18.2 Å². The number of phenols is 1. The lowest BCUT2D eigenvalue weighted by Crippen LogP contribution is -2.00. The van der Waals surface area contributed by atoms with Crippen LogP contribution in [0.4, 0.5) is 5.69 Å². The average molecular weight is 193 g/mol. The molecule has 0 aliphatic rings. The Morgan fingerprint density at radius 2 is 2.07 bits per heavy atom. The van der Waals surface area contributed by atoms with Crippen molar-refractivity contribution in [3.63, 3.8) is 0 Å². The maximum Gasteiger partial charge on any atom is 0.120 e. The highest BCUT2D eigenvalue weighted by molar-refractivity contribution is 5.50. The summed E-state index contributed by atoms with van der Waals surface area (Å²) >= 11 is 0. The zero-order chi connectivity index (χ0) is 10.4. The number of rotatable bonds is 5. The van der Waals surface area contributed by atoms with Crippen LogP contribution in [0.3, 0.4) is 0 Å². The first kappa shape index (κ1) is 10.9. The molecular formula is C12H19NO. The van der Waals surface area contributed by atoms with Crippen LogP contribution in [0.2, 0.25) is 0 Å². The van der Waals surface area contributed by atoms with Crippen molar-refractivity contribution in [2.45, 2.75) is 33.1 Å². The minimum atomic E-state index is 0.366. The first-order chi connectivity index (χ1) is 6.74. The summed E-state index contributed by atoms with van der Waals surface area (Å²) in [7, 11) is 0. The molecule has 0 aromatic heterocycles. The van der Waals surface area contributed by atoms with Crippen LogP contribution < -0.4 is 5.32 Å². The number of unbranched alkanes of at least 4 members (excludes halogenated alkanes) is 2. The Morgan fingerprint density at radius 3 is 2.71 bits per heavy atom. The van der Waals surface area contributed by atoms with E-state index in [-0.39, 0.29) is 0 Å². The molecule has 0 saturated heterocycles. The minimum Gasteiger partial charge on any atom is -0.508 e. The van der Waals surface area contributed by atoms with Crippen LogP contribution in [-0.2, 0) is 0 Å². The fourth-order valence-electron chi connectivity index (χ4n) is 1.33. The molecule has 14 heavy (non-hydrogen) atoms. The van der Waals surface area contributed by atoms with Crippen LogP contribution >= 0.6 is 0 Å². The quantitative estimate of drug-likeness (QED) is 0.703. The largest absolute Gasteiger partial charge is 0.508 e. The van der Waals surface area contributed by atoms with Crippen molar-refractivity contribution in [3.8, 4) is 5.75 Å². The molecule has 78 valence electrons. The van der Waals surface area contributed by atoms with E-state index in [2.05, 4.69) is 12.2 Å². The normalized spacial score (nSPS) is 10.1. The summed E-state index contributed by atoms with van der Waals surface area (Å²) in [5.74, 6) is 0.366. The number of benzene rings is 1. The Kier molecular flexibility index (Phi) is 4.30. The predicted molar refractivity (Wildman–Crippen MR) is 60.9 cm³/mol. The number of phenolic OH excluding ortho intramolecular Hbond substituents is 1. The molecule has 0 radical (unpaired) electrons. The fraction of sp³-hybridized carbons (Fsp3) is 0.500. The smallest absolute Gasteiger partial charge is 0.120 e. The second-order valence-electron chi connectivity index (χ2n) is 3.64. The van der Waals surface area contributed by atoms with Gasteiger partial charge >= 0.3 is 0 Å². The van der Waals surface area contributed by atoms with E-state index >= 15 is 0 Å². The van der Waals surface area contributed by atoms with Crippen molar-refractivity contribution in [1.29, 1.82) is 0 Å². The number of hydrogen-bond donors (Lipinski definition) is 2. The third-order valence-electron chi connectivity index (χ3n) is 2.32. The van der Waals surface area contributed by atoms with Gasteiger partial charge in [-0.1, -0.05) is 25.8 Å². The van der Waals surface area contributed by atoms with E-state index in [4.69, 9.17) is 0 Å². The molecular weight excluding hydrogens is 174 g/mol. The van der Waals surface area contributed by atoms with E-state index in [1.807, 2.05) is 19.1 Å². The Morgan fingerprint density at radius 1 is 1.29 bits per heavy atom. The SMILES string of the molecule is CCCCCNc1ccc(C)c(O)c1. The topological polar surface area (TPSA) is 32.3 Å². The highest BCUT2D eigenvalue weighted by atomic mass is 16.3. The number of hydrogen-bond acceptors (Lipinski definition) is 2. The molecule has 1 aromatic carbocycles. The lowest BCUT2D eigenvalue weighted by Gasteiger charge is -2.07. The first-order valence-corrected chi connectivity index (χ1v) is 5.27. The minimum absolute atomic E-state index is 0.366. The summed E-state index contributed by atoms with van der Waals surface area (Å²) in [4.78, 5) is 0. The van der Waals surface area contributed by atoms with E-state index in [0.29, 0.717) is 5.75 Å². The molecule has 0 spiro atoms. The summed E-state index contributed by atoms with van der Waals surface area (Å²) in [5.41, 5.74) is 1.92. The third-order valence-corrected chi connectivity index (χ3v) is 2.32. The molecule has 2 N–H and O–H groups in total. The van der Waals surface area contributed by atoms with Crippen molar-refractivity contribution >= 4 is 5.69 Å². The number of nitrogens with one attached hydrogen (secondary N) is 1. The van der Waals surface area contributed by atoms with E-state index in [1.165, 1.54) is 19.3 Å². The van der Waals surface area contributed by atoms with Gasteiger partial charge in [0.25, 0.3) is 0 Å². The standard InChI is InChI=1S/C12H19NO/c1-3-4-5-8-13-11-7-6-10(2)12(14)9-11/h6-7,9,13-14H,3-5,8H2,1-2H3. The van der Waals surface area contributed by atoms with E-state index < -0.39 is 0 Å². The molecule has 0 amide bonds. The van der Waals surface area contributed by atoms with Crippen molar-refractivity contribution in [2.75, 3.05) is 11.9 Å². The molecule has 0 bridgehead atoms. The molecule has 0 heterocycles. The lowest BCUT2D eigenvalue weighted by molar-refractivity contribution is 0.471. The van der Waals surface area contributed by atoms with Gasteiger partial charge in [0, 0.05) is 18.3 Å². The van der Waals surface area contributed by atoms with Gasteiger partial charge in [0.2, 0.25) is 0 Å². The Labute approximate surface area is 86.0 Å². The molecule has 0 atom stereocenters. The molecule has 0 aliphatic heterocycles. The van der Waals surface area contributed by atoms with Crippen molar-refractivity contribution < 1.29 is 5.11 Å². The number of anilines is 1. The van der Waals surface area contributed by atoms with E-state index in [9.17, 15) is 5.11 Å². The van der Waals surface area contributed by atoms with Crippen LogP contribution in [0.5, 0.6) is 5.75 Å². The molecule has 2 nitrogen and oxygen atoms in total. The fourth-order valence-corrected chi connectivity index (χ4v) is 1.33. The van der Waals surface area contributed by atoms with E-state index in [1.54, 1.807) is 6.07 Å². The predicted octanol–water partition coefficient (Wildman–Crippen LogP) is 3.30. The van der Waals surface area contributed by atoms with Gasteiger partial charge < -0.3 is 10.4 Å². The number of aromatic hydroxyl groups is 1.